The molecule has 86 valence electrons. The van der Waals surface area contributed by atoms with Gasteiger partial charge in [0.15, 0.2) is 0 Å². The summed E-state index contributed by atoms with van der Waals surface area (Å²) in [5.74, 6) is -1.06. The van der Waals surface area contributed by atoms with E-state index in [9.17, 15) is 9.59 Å². The van der Waals surface area contributed by atoms with Crippen LogP contribution in [0, 0.1) is 0 Å². The predicted molar refractivity (Wildman–Crippen MR) is 55.6 cm³/mol. The highest BCUT2D eigenvalue weighted by Gasteiger charge is 2.05. The summed E-state index contributed by atoms with van der Waals surface area (Å²) in [7, 11) is 0. The first-order valence-corrected chi connectivity index (χ1v) is 4.92. The minimum atomic E-state index is -1.06. The van der Waals surface area contributed by atoms with E-state index in [1.165, 1.54) is 6.08 Å². The van der Waals surface area contributed by atoms with Crippen LogP contribution in [-0.2, 0) is 9.53 Å². The molecule has 0 fully saturated rings. The Morgan fingerprint density at radius 1 is 1.53 bits per heavy atom. The van der Waals surface area contributed by atoms with Gasteiger partial charge in [-0.1, -0.05) is 13.3 Å². The van der Waals surface area contributed by atoms with Crippen molar-refractivity contribution in [1.29, 1.82) is 0 Å². The summed E-state index contributed by atoms with van der Waals surface area (Å²) in [5, 5.41) is 10.9. The Morgan fingerprint density at radius 2 is 2.20 bits per heavy atom. The van der Waals surface area contributed by atoms with Crippen molar-refractivity contribution >= 4 is 12.1 Å². The topological polar surface area (TPSA) is 75.6 Å². The van der Waals surface area contributed by atoms with Crippen LogP contribution in [0.25, 0.3) is 0 Å². The summed E-state index contributed by atoms with van der Waals surface area (Å²) in [6, 6.07) is 0. The molecule has 0 saturated carbocycles. The summed E-state index contributed by atoms with van der Waals surface area (Å²) >= 11 is 0. The second-order valence-electron chi connectivity index (χ2n) is 3.09. The van der Waals surface area contributed by atoms with Crippen LogP contribution in [0.5, 0.6) is 0 Å². The standard InChI is InChI=1S/C10H17NO4/c1-3-4-7-11-10(14)15-8(2)5-6-9(12)13/h5-6,8H,3-4,7H2,1-2H3,(H,11,14)(H,12,13). The second kappa shape index (κ2) is 7.84. The molecule has 1 atom stereocenters. The minimum Gasteiger partial charge on any atom is -0.478 e. The van der Waals surface area contributed by atoms with E-state index in [0.717, 1.165) is 18.9 Å². The smallest absolute Gasteiger partial charge is 0.407 e. The molecular weight excluding hydrogens is 198 g/mol. The molecule has 1 unspecified atom stereocenters. The number of unbranched alkanes of at least 4 members (excludes halogenated alkanes) is 1. The number of carbonyl (C=O) groups excluding carboxylic acids is 1. The Morgan fingerprint density at radius 3 is 2.73 bits per heavy atom. The molecular formula is C10H17NO4. The lowest BCUT2D eigenvalue weighted by molar-refractivity contribution is -0.131. The molecule has 0 rings (SSSR count). The highest BCUT2D eigenvalue weighted by Crippen LogP contribution is 1.94. The molecule has 0 radical (unpaired) electrons. The molecule has 5 nitrogen and oxygen atoms in total. The van der Waals surface area contributed by atoms with Gasteiger partial charge in [-0.2, -0.15) is 0 Å². The molecule has 15 heavy (non-hydrogen) atoms. The molecule has 0 spiro atoms. The number of amides is 1. The normalized spacial score (nSPS) is 12.4. The number of aliphatic carboxylic acids is 1. The van der Waals surface area contributed by atoms with E-state index < -0.39 is 18.2 Å². The summed E-state index contributed by atoms with van der Waals surface area (Å²) < 4.78 is 4.85. The molecule has 1 amide bonds. The third-order valence-electron chi connectivity index (χ3n) is 1.60. The zero-order valence-electron chi connectivity index (χ0n) is 9.03. The van der Waals surface area contributed by atoms with E-state index in [4.69, 9.17) is 9.84 Å². The van der Waals surface area contributed by atoms with Crippen molar-refractivity contribution in [3.05, 3.63) is 12.2 Å². The van der Waals surface area contributed by atoms with E-state index in [1.54, 1.807) is 6.92 Å². The van der Waals surface area contributed by atoms with Crippen LogP contribution in [0.2, 0.25) is 0 Å². The lowest BCUT2D eigenvalue weighted by Crippen LogP contribution is -2.28. The maximum Gasteiger partial charge on any atom is 0.407 e. The number of carboxylic acids is 1. The highest BCUT2D eigenvalue weighted by atomic mass is 16.6. The third-order valence-corrected chi connectivity index (χ3v) is 1.60. The average Bonchev–Trinajstić information content (AvgIpc) is 2.15. The number of carboxylic acid groups (broad SMARTS) is 1. The Balaban J connectivity index is 3.71. The molecule has 0 aliphatic rings. The van der Waals surface area contributed by atoms with Crippen molar-refractivity contribution in [2.75, 3.05) is 6.54 Å². The van der Waals surface area contributed by atoms with Crippen LogP contribution in [0.15, 0.2) is 12.2 Å². The largest absolute Gasteiger partial charge is 0.478 e. The zero-order chi connectivity index (χ0) is 11.7. The molecule has 0 aromatic carbocycles. The molecule has 0 aliphatic carbocycles. The number of ether oxygens (including phenoxy) is 1. The van der Waals surface area contributed by atoms with E-state index in [-0.39, 0.29) is 0 Å². The van der Waals surface area contributed by atoms with Crippen LogP contribution in [0.1, 0.15) is 26.7 Å². The van der Waals surface area contributed by atoms with Gasteiger partial charge in [0.25, 0.3) is 0 Å². The molecule has 0 aromatic rings. The van der Waals surface area contributed by atoms with Crippen molar-refractivity contribution in [1.82, 2.24) is 5.32 Å². The fraction of sp³-hybridized carbons (Fsp3) is 0.600. The number of rotatable bonds is 6. The third kappa shape index (κ3) is 8.80. The van der Waals surface area contributed by atoms with E-state index in [1.807, 2.05) is 6.92 Å². The van der Waals surface area contributed by atoms with Gasteiger partial charge in [0, 0.05) is 12.6 Å². The molecule has 5 heteroatoms. The summed E-state index contributed by atoms with van der Waals surface area (Å²) in [6.45, 7) is 4.19. The number of hydrogen-bond donors (Lipinski definition) is 2. The van der Waals surface area contributed by atoms with Gasteiger partial charge < -0.3 is 15.2 Å². The molecule has 0 aromatic heterocycles. The van der Waals surface area contributed by atoms with E-state index in [0.29, 0.717) is 6.54 Å². The number of hydrogen-bond acceptors (Lipinski definition) is 3. The Bertz CT molecular complexity index is 238. The van der Waals surface area contributed by atoms with Crippen LogP contribution in [0.4, 0.5) is 4.79 Å². The van der Waals surface area contributed by atoms with E-state index >= 15 is 0 Å². The van der Waals surface area contributed by atoms with Gasteiger partial charge >= 0.3 is 12.1 Å². The average molecular weight is 215 g/mol. The Hall–Kier alpha value is -1.52. The number of nitrogens with one attached hydrogen (secondary N) is 1. The van der Waals surface area contributed by atoms with Crippen molar-refractivity contribution in [3.8, 4) is 0 Å². The molecule has 0 aliphatic heterocycles. The summed E-state index contributed by atoms with van der Waals surface area (Å²) in [6.07, 6.45) is 3.09. The van der Waals surface area contributed by atoms with Crippen molar-refractivity contribution in [3.63, 3.8) is 0 Å². The van der Waals surface area contributed by atoms with Gasteiger partial charge in [0.2, 0.25) is 0 Å². The van der Waals surface area contributed by atoms with Crippen molar-refractivity contribution < 1.29 is 19.4 Å². The van der Waals surface area contributed by atoms with Crippen LogP contribution in [0.3, 0.4) is 0 Å². The number of alkyl carbamates (subject to hydrolysis) is 1. The predicted octanol–water partition coefficient (Wildman–Crippen LogP) is 1.54. The van der Waals surface area contributed by atoms with Gasteiger partial charge in [-0.25, -0.2) is 9.59 Å². The first kappa shape index (κ1) is 13.5. The van der Waals surface area contributed by atoms with Gasteiger partial charge in [0.05, 0.1) is 0 Å². The van der Waals surface area contributed by atoms with Gasteiger partial charge in [0.1, 0.15) is 6.10 Å². The number of carbonyl (C=O) groups is 2. The van der Waals surface area contributed by atoms with Gasteiger partial charge in [-0.15, -0.1) is 0 Å². The van der Waals surface area contributed by atoms with Crippen molar-refractivity contribution in [2.45, 2.75) is 32.8 Å². The monoisotopic (exact) mass is 215 g/mol. The zero-order valence-corrected chi connectivity index (χ0v) is 9.03. The molecule has 2 N–H and O–H groups in total. The molecule has 0 bridgehead atoms. The van der Waals surface area contributed by atoms with Crippen LogP contribution < -0.4 is 5.32 Å². The SMILES string of the molecule is CCCCNC(=O)OC(C)C=CC(=O)O. The van der Waals surface area contributed by atoms with Crippen molar-refractivity contribution in [2.24, 2.45) is 0 Å². The highest BCUT2D eigenvalue weighted by molar-refractivity contribution is 5.79. The molecule has 0 saturated heterocycles. The van der Waals surface area contributed by atoms with Gasteiger partial charge in [-0.05, 0) is 19.4 Å². The first-order valence-electron chi connectivity index (χ1n) is 4.92. The lowest BCUT2D eigenvalue weighted by Gasteiger charge is -2.09. The molecule has 0 heterocycles. The summed E-state index contributed by atoms with van der Waals surface area (Å²) in [4.78, 5) is 21.2. The Labute approximate surface area is 89.1 Å². The summed E-state index contributed by atoms with van der Waals surface area (Å²) in [5.41, 5.74) is 0. The van der Waals surface area contributed by atoms with Crippen LogP contribution in [-0.4, -0.2) is 29.8 Å². The Kier molecular flexibility index (Phi) is 7.05. The lowest BCUT2D eigenvalue weighted by atomic mass is 10.3. The first-order chi connectivity index (χ1) is 7.06. The van der Waals surface area contributed by atoms with E-state index in [2.05, 4.69) is 5.32 Å². The fourth-order valence-corrected chi connectivity index (χ4v) is 0.835. The second-order valence-corrected chi connectivity index (χ2v) is 3.09. The fourth-order valence-electron chi connectivity index (χ4n) is 0.835. The maximum absolute atomic E-state index is 11.1. The van der Waals surface area contributed by atoms with Crippen LogP contribution >= 0.6 is 0 Å². The van der Waals surface area contributed by atoms with Gasteiger partial charge in [-0.3, -0.25) is 0 Å². The minimum absolute atomic E-state index is 0.522. The maximum atomic E-state index is 11.1. The quantitative estimate of drug-likeness (QED) is 0.520.